The Morgan fingerprint density at radius 3 is 2.75 bits per heavy atom. The lowest BCUT2D eigenvalue weighted by molar-refractivity contribution is 0.391. The van der Waals surface area contributed by atoms with Crippen molar-refractivity contribution in [3.63, 3.8) is 0 Å². The number of nitrogens with zero attached hydrogens (tertiary/aromatic N) is 6. The quantitative estimate of drug-likeness (QED) is 0.281. The summed E-state index contributed by atoms with van der Waals surface area (Å²) in [5.74, 6) is 2.73. The van der Waals surface area contributed by atoms with Crippen LogP contribution in [0.1, 0.15) is 31.2 Å². The van der Waals surface area contributed by atoms with Gasteiger partial charge in [0.25, 0.3) is 0 Å². The summed E-state index contributed by atoms with van der Waals surface area (Å²) in [5.41, 5.74) is 4.14. The highest BCUT2D eigenvalue weighted by Crippen LogP contribution is 2.33. The Kier molecular flexibility index (Phi) is 5.83. The highest BCUT2D eigenvalue weighted by molar-refractivity contribution is 7.98. The number of aromatic nitrogens is 6. The first-order valence-electron chi connectivity index (χ1n) is 10.1. The second-order valence-electron chi connectivity index (χ2n) is 7.41. The van der Waals surface area contributed by atoms with E-state index >= 15 is 0 Å². The Morgan fingerprint density at radius 2 is 1.97 bits per heavy atom. The van der Waals surface area contributed by atoms with Crippen molar-refractivity contribution < 1.29 is 4.52 Å². The standard InChI is InChI=1S/C23H20N6OS2/c1-15(2)18-7-3-4-8-19(18)29-22(16-6-5-10-24-12-16)26-27-23(29)32-14-20-25-21(28-30-20)17-9-11-31-13-17/h3-13,15H,14H2,1-2H3. The Balaban J connectivity index is 1.51. The van der Waals surface area contributed by atoms with Crippen molar-refractivity contribution in [3.8, 4) is 28.5 Å². The molecule has 4 heterocycles. The normalized spacial score (nSPS) is 11.3. The van der Waals surface area contributed by atoms with Crippen LogP contribution < -0.4 is 0 Å². The number of rotatable bonds is 7. The van der Waals surface area contributed by atoms with Gasteiger partial charge < -0.3 is 4.52 Å². The van der Waals surface area contributed by atoms with E-state index in [1.807, 2.05) is 35.0 Å². The van der Waals surface area contributed by atoms with Crippen LogP contribution in [0.25, 0.3) is 28.5 Å². The topological polar surface area (TPSA) is 82.5 Å². The second kappa shape index (κ2) is 9.05. The lowest BCUT2D eigenvalue weighted by Crippen LogP contribution is -2.05. The zero-order valence-electron chi connectivity index (χ0n) is 17.5. The third kappa shape index (κ3) is 4.09. The van der Waals surface area contributed by atoms with Crippen LogP contribution in [0.2, 0.25) is 0 Å². The molecule has 0 spiro atoms. The summed E-state index contributed by atoms with van der Waals surface area (Å²) in [6.45, 7) is 4.37. The van der Waals surface area contributed by atoms with Gasteiger partial charge in [0.15, 0.2) is 11.0 Å². The maximum Gasteiger partial charge on any atom is 0.237 e. The second-order valence-corrected chi connectivity index (χ2v) is 9.13. The average Bonchev–Trinajstić information content (AvgIpc) is 3.59. The van der Waals surface area contributed by atoms with Gasteiger partial charge in [-0.3, -0.25) is 9.55 Å². The lowest BCUT2D eigenvalue weighted by Gasteiger charge is -2.16. The zero-order valence-corrected chi connectivity index (χ0v) is 19.2. The summed E-state index contributed by atoms with van der Waals surface area (Å²) >= 11 is 3.12. The maximum absolute atomic E-state index is 5.46. The van der Waals surface area contributed by atoms with Crippen LogP contribution in [-0.4, -0.2) is 29.9 Å². The fourth-order valence-corrected chi connectivity index (χ4v) is 4.81. The van der Waals surface area contributed by atoms with Crippen LogP contribution in [-0.2, 0) is 5.75 Å². The molecule has 0 aliphatic rings. The molecule has 1 aromatic carbocycles. The number of pyridine rings is 1. The molecule has 0 aliphatic carbocycles. The summed E-state index contributed by atoms with van der Waals surface area (Å²) in [5, 5.41) is 17.9. The van der Waals surface area contributed by atoms with Gasteiger partial charge >= 0.3 is 0 Å². The van der Waals surface area contributed by atoms with Gasteiger partial charge in [0, 0.05) is 28.9 Å². The van der Waals surface area contributed by atoms with Gasteiger partial charge in [-0.05, 0) is 41.1 Å². The number of para-hydroxylation sites is 1. The monoisotopic (exact) mass is 460 g/mol. The highest BCUT2D eigenvalue weighted by Gasteiger charge is 2.20. The van der Waals surface area contributed by atoms with E-state index in [2.05, 4.69) is 61.9 Å². The molecule has 0 bridgehead atoms. The Hall–Kier alpha value is -3.30. The van der Waals surface area contributed by atoms with Crippen LogP contribution in [0.4, 0.5) is 0 Å². The molecular formula is C23H20N6OS2. The molecule has 0 unspecified atom stereocenters. The Labute approximate surface area is 193 Å². The molecule has 0 N–H and O–H groups in total. The van der Waals surface area contributed by atoms with Gasteiger partial charge in [-0.25, -0.2) is 0 Å². The molecule has 32 heavy (non-hydrogen) atoms. The van der Waals surface area contributed by atoms with Gasteiger partial charge in [0.2, 0.25) is 11.7 Å². The van der Waals surface area contributed by atoms with Crippen molar-refractivity contribution >= 4 is 23.1 Å². The smallest absolute Gasteiger partial charge is 0.237 e. The first-order chi connectivity index (χ1) is 15.7. The van der Waals surface area contributed by atoms with Gasteiger partial charge in [-0.15, -0.1) is 10.2 Å². The van der Waals surface area contributed by atoms with Crippen LogP contribution in [0.5, 0.6) is 0 Å². The van der Waals surface area contributed by atoms with Gasteiger partial charge in [0.1, 0.15) is 0 Å². The molecule has 0 atom stereocenters. The van der Waals surface area contributed by atoms with Gasteiger partial charge in [0.05, 0.1) is 11.4 Å². The predicted octanol–water partition coefficient (Wildman–Crippen LogP) is 5.86. The van der Waals surface area contributed by atoms with E-state index in [0.29, 0.717) is 23.4 Å². The van der Waals surface area contributed by atoms with Gasteiger partial charge in [-0.2, -0.15) is 16.3 Å². The molecule has 0 saturated heterocycles. The van der Waals surface area contributed by atoms with Crippen LogP contribution in [0.3, 0.4) is 0 Å². The van der Waals surface area contributed by atoms with Crippen molar-refractivity contribution in [2.45, 2.75) is 30.7 Å². The van der Waals surface area contributed by atoms with E-state index in [1.165, 1.54) is 17.3 Å². The SMILES string of the molecule is CC(C)c1ccccc1-n1c(SCc2nc(-c3ccsc3)no2)nnc1-c1cccnc1. The summed E-state index contributed by atoms with van der Waals surface area (Å²) in [4.78, 5) is 8.78. The molecule has 7 nitrogen and oxygen atoms in total. The van der Waals surface area contributed by atoms with E-state index in [1.54, 1.807) is 23.7 Å². The van der Waals surface area contributed by atoms with Gasteiger partial charge in [-0.1, -0.05) is 49.0 Å². The molecular weight excluding hydrogens is 440 g/mol. The number of thioether (sulfide) groups is 1. The minimum absolute atomic E-state index is 0.345. The highest BCUT2D eigenvalue weighted by atomic mass is 32.2. The van der Waals surface area contributed by atoms with Crippen molar-refractivity contribution in [1.82, 2.24) is 29.9 Å². The molecule has 0 amide bonds. The maximum atomic E-state index is 5.46. The Bertz CT molecular complexity index is 1310. The molecule has 160 valence electrons. The summed E-state index contributed by atoms with van der Waals surface area (Å²) in [7, 11) is 0. The third-order valence-electron chi connectivity index (χ3n) is 4.92. The predicted molar refractivity (Wildman–Crippen MR) is 126 cm³/mol. The van der Waals surface area contributed by atoms with E-state index in [-0.39, 0.29) is 0 Å². The minimum Gasteiger partial charge on any atom is -0.338 e. The van der Waals surface area contributed by atoms with E-state index in [9.17, 15) is 0 Å². The van der Waals surface area contributed by atoms with Crippen molar-refractivity contribution in [2.75, 3.05) is 0 Å². The van der Waals surface area contributed by atoms with E-state index < -0.39 is 0 Å². The van der Waals surface area contributed by atoms with Crippen molar-refractivity contribution in [2.24, 2.45) is 0 Å². The molecule has 0 fully saturated rings. The molecule has 0 radical (unpaired) electrons. The average molecular weight is 461 g/mol. The molecule has 4 aromatic heterocycles. The van der Waals surface area contributed by atoms with Crippen molar-refractivity contribution in [1.29, 1.82) is 0 Å². The number of hydrogen-bond donors (Lipinski definition) is 0. The summed E-state index contributed by atoms with van der Waals surface area (Å²) < 4.78 is 7.55. The molecule has 9 heteroatoms. The fraction of sp³-hybridized carbons (Fsp3) is 0.174. The van der Waals surface area contributed by atoms with Crippen LogP contribution in [0.15, 0.2) is 75.3 Å². The molecule has 5 aromatic rings. The molecule has 0 aliphatic heterocycles. The lowest BCUT2D eigenvalue weighted by atomic mass is 10.0. The number of thiophene rings is 1. The molecule has 5 rings (SSSR count). The van der Waals surface area contributed by atoms with Crippen LogP contribution >= 0.6 is 23.1 Å². The van der Waals surface area contributed by atoms with E-state index in [4.69, 9.17) is 4.52 Å². The summed E-state index contributed by atoms with van der Waals surface area (Å²) in [6, 6.07) is 14.2. The van der Waals surface area contributed by atoms with Crippen LogP contribution in [0, 0.1) is 0 Å². The largest absolute Gasteiger partial charge is 0.338 e. The van der Waals surface area contributed by atoms with E-state index in [0.717, 1.165) is 27.8 Å². The minimum atomic E-state index is 0.345. The molecule has 0 saturated carbocycles. The number of hydrogen-bond acceptors (Lipinski definition) is 8. The van der Waals surface area contributed by atoms with Crippen molar-refractivity contribution in [3.05, 3.63) is 77.1 Å². The Morgan fingerprint density at radius 1 is 1.06 bits per heavy atom. The number of benzene rings is 1. The fourth-order valence-electron chi connectivity index (χ4n) is 3.39. The zero-order chi connectivity index (χ0) is 21.9. The summed E-state index contributed by atoms with van der Waals surface area (Å²) in [6.07, 6.45) is 3.56. The first-order valence-corrected chi connectivity index (χ1v) is 12.1. The first kappa shape index (κ1) is 20.6. The third-order valence-corrected chi connectivity index (χ3v) is 6.52.